The summed E-state index contributed by atoms with van der Waals surface area (Å²) < 4.78 is 1.79. The van der Waals surface area contributed by atoms with Crippen molar-refractivity contribution < 1.29 is 5.11 Å². The lowest BCUT2D eigenvalue weighted by molar-refractivity contribution is 0.273. The number of anilines is 1. The molecule has 2 aromatic rings. The summed E-state index contributed by atoms with van der Waals surface area (Å²) in [6, 6.07) is 0. The van der Waals surface area contributed by atoms with E-state index in [1.807, 2.05) is 0 Å². The van der Waals surface area contributed by atoms with Crippen LogP contribution in [0.4, 0.5) is 5.95 Å². The highest BCUT2D eigenvalue weighted by Crippen LogP contribution is 2.30. The molecule has 2 aromatic heterocycles. The van der Waals surface area contributed by atoms with Crippen molar-refractivity contribution in [2.45, 2.75) is 43.8 Å². The van der Waals surface area contributed by atoms with E-state index in [2.05, 4.69) is 15.0 Å². The zero-order valence-corrected chi connectivity index (χ0v) is 13.2. The third-order valence-electron chi connectivity index (χ3n) is 4.09. The summed E-state index contributed by atoms with van der Waals surface area (Å²) in [5.74, 6) is 1.76. The van der Waals surface area contributed by atoms with Crippen molar-refractivity contribution in [3.05, 3.63) is 10.4 Å². The van der Waals surface area contributed by atoms with Crippen LogP contribution in [-0.2, 0) is 6.54 Å². The third kappa shape index (κ3) is 3.12. The molecular formula is C14H21N5O2S. The average molecular weight is 323 g/mol. The second kappa shape index (κ2) is 6.70. The SMILES string of the molecule is Nc1nc2c(nc(SCC3CCCCC3)n2CCO)c(=O)[nH]1. The molecular weight excluding hydrogens is 302 g/mol. The number of hydrogen-bond acceptors (Lipinski definition) is 6. The van der Waals surface area contributed by atoms with Crippen molar-refractivity contribution in [1.29, 1.82) is 0 Å². The highest BCUT2D eigenvalue weighted by molar-refractivity contribution is 7.99. The van der Waals surface area contributed by atoms with Crippen molar-refractivity contribution in [2.75, 3.05) is 18.1 Å². The van der Waals surface area contributed by atoms with Gasteiger partial charge < -0.3 is 15.4 Å². The Hall–Kier alpha value is -1.54. The van der Waals surface area contributed by atoms with Gasteiger partial charge in [0, 0.05) is 12.3 Å². The van der Waals surface area contributed by atoms with E-state index in [1.54, 1.807) is 16.3 Å². The Morgan fingerprint density at radius 2 is 2.09 bits per heavy atom. The molecule has 1 aliphatic rings. The average Bonchev–Trinajstić information content (AvgIpc) is 2.85. The van der Waals surface area contributed by atoms with Gasteiger partial charge in [-0.15, -0.1) is 0 Å². The van der Waals surface area contributed by atoms with E-state index in [0.29, 0.717) is 18.1 Å². The Bertz CT molecular complexity index is 705. The number of nitrogen functional groups attached to an aromatic ring is 1. The summed E-state index contributed by atoms with van der Waals surface area (Å²) in [5.41, 5.74) is 6.01. The molecule has 0 radical (unpaired) electrons. The Morgan fingerprint density at radius 3 is 2.82 bits per heavy atom. The summed E-state index contributed by atoms with van der Waals surface area (Å²) in [4.78, 5) is 23.0. The van der Waals surface area contributed by atoms with Crippen LogP contribution in [0.3, 0.4) is 0 Å². The molecule has 7 nitrogen and oxygen atoms in total. The molecule has 0 amide bonds. The fourth-order valence-corrected chi connectivity index (χ4v) is 4.17. The largest absolute Gasteiger partial charge is 0.395 e. The normalized spacial score (nSPS) is 16.4. The zero-order chi connectivity index (χ0) is 15.5. The first-order valence-electron chi connectivity index (χ1n) is 7.68. The number of nitrogens with one attached hydrogen (secondary N) is 1. The van der Waals surface area contributed by atoms with Crippen molar-refractivity contribution in [2.24, 2.45) is 5.92 Å². The maximum atomic E-state index is 12.0. The second-order valence-electron chi connectivity index (χ2n) is 5.71. The van der Waals surface area contributed by atoms with Gasteiger partial charge in [-0.2, -0.15) is 4.98 Å². The van der Waals surface area contributed by atoms with Gasteiger partial charge in [0.05, 0.1) is 6.61 Å². The van der Waals surface area contributed by atoms with Gasteiger partial charge in [0.15, 0.2) is 16.3 Å². The molecule has 2 heterocycles. The number of hydrogen-bond donors (Lipinski definition) is 3. The lowest BCUT2D eigenvalue weighted by Crippen LogP contribution is -2.13. The van der Waals surface area contributed by atoms with E-state index >= 15 is 0 Å². The number of aromatic amines is 1. The van der Waals surface area contributed by atoms with Crippen LogP contribution in [0.15, 0.2) is 9.95 Å². The van der Waals surface area contributed by atoms with E-state index in [4.69, 9.17) is 5.73 Å². The van der Waals surface area contributed by atoms with Gasteiger partial charge in [-0.05, 0) is 18.8 Å². The molecule has 1 saturated carbocycles. The standard InChI is InChI=1S/C14H21N5O2S/c15-13-17-11-10(12(21)18-13)16-14(19(11)6-7-20)22-8-9-4-2-1-3-5-9/h9,20H,1-8H2,(H3,15,17,18,21). The molecule has 8 heteroatoms. The summed E-state index contributed by atoms with van der Waals surface area (Å²) in [6.07, 6.45) is 6.47. The summed E-state index contributed by atoms with van der Waals surface area (Å²) in [6.45, 7) is 0.330. The number of imidazole rings is 1. The van der Waals surface area contributed by atoms with Crippen LogP contribution in [0, 0.1) is 5.92 Å². The highest BCUT2D eigenvalue weighted by atomic mass is 32.2. The van der Waals surface area contributed by atoms with Crippen LogP contribution >= 0.6 is 11.8 Å². The number of rotatable bonds is 5. The van der Waals surface area contributed by atoms with Gasteiger partial charge >= 0.3 is 0 Å². The molecule has 3 rings (SSSR count). The number of thioether (sulfide) groups is 1. The molecule has 1 aliphatic carbocycles. The molecule has 0 aliphatic heterocycles. The smallest absolute Gasteiger partial charge is 0.280 e. The predicted molar refractivity (Wildman–Crippen MR) is 86.9 cm³/mol. The van der Waals surface area contributed by atoms with Gasteiger partial charge in [-0.3, -0.25) is 9.78 Å². The molecule has 0 aromatic carbocycles. The Balaban J connectivity index is 1.88. The van der Waals surface area contributed by atoms with Crippen LogP contribution in [0.5, 0.6) is 0 Å². The molecule has 0 bridgehead atoms. The molecule has 0 atom stereocenters. The van der Waals surface area contributed by atoms with E-state index < -0.39 is 0 Å². The zero-order valence-electron chi connectivity index (χ0n) is 12.4. The molecule has 0 saturated heterocycles. The number of nitrogens with two attached hydrogens (primary N) is 1. The first kappa shape index (κ1) is 15.4. The maximum absolute atomic E-state index is 12.0. The number of aliphatic hydroxyl groups is 1. The van der Waals surface area contributed by atoms with Crippen molar-refractivity contribution in [3.63, 3.8) is 0 Å². The predicted octanol–water partition coefficient (Wildman–Crippen LogP) is 1.37. The van der Waals surface area contributed by atoms with Crippen LogP contribution in [0.25, 0.3) is 11.2 Å². The van der Waals surface area contributed by atoms with E-state index in [-0.39, 0.29) is 23.6 Å². The Morgan fingerprint density at radius 1 is 1.32 bits per heavy atom. The summed E-state index contributed by atoms with van der Waals surface area (Å²) >= 11 is 1.64. The van der Waals surface area contributed by atoms with Crippen LogP contribution < -0.4 is 11.3 Å². The molecule has 120 valence electrons. The van der Waals surface area contributed by atoms with Gasteiger partial charge in [-0.25, -0.2) is 4.98 Å². The van der Waals surface area contributed by atoms with Crippen LogP contribution in [0.2, 0.25) is 0 Å². The van der Waals surface area contributed by atoms with Crippen molar-refractivity contribution >= 4 is 28.9 Å². The van der Waals surface area contributed by atoms with Crippen LogP contribution in [-0.4, -0.2) is 37.0 Å². The van der Waals surface area contributed by atoms with Gasteiger partial charge in [0.25, 0.3) is 5.56 Å². The number of aliphatic hydroxyl groups excluding tert-OH is 1. The van der Waals surface area contributed by atoms with Crippen molar-refractivity contribution in [3.8, 4) is 0 Å². The minimum Gasteiger partial charge on any atom is -0.395 e. The quantitative estimate of drug-likeness (QED) is 0.717. The fraction of sp³-hybridized carbons (Fsp3) is 0.643. The molecule has 0 spiro atoms. The van der Waals surface area contributed by atoms with Gasteiger partial charge in [0.1, 0.15) is 0 Å². The minimum absolute atomic E-state index is 0.0309. The van der Waals surface area contributed by atoms with Crippen molar-refractivity contribution in [1.82, 2.24) is 19.5 Å². The topological polar surface area (TPSA) is 110 Å². The number of aromatic nitrogens is 4. The number of H-pyrrole nitrogens is 1. The summed E-state index contributed by atoms with van der Waals surface area (Å²) in [5, 5.41) is 10.0. The van der Waals surface area contributed by atoms with E-state index in [9.17, 15) is 9.90 Å². The fourth-order valence-electron chi connectivity index (χ4n) is 2.97. The van der Waals surface area contributed by atoms with Crippen LogP contribution in [0.1, 0.15) is 32.1 Å². The first-order valence-corrected chi connectivity index (χ1v) is 8.67. The highest BCUT2D eigenvalue weighted by Gasteiger charge is 2.19. The molecule has 1 fully saturated rings. The number of nitrogens with zero attached hydrogens (tertiary/aromatic N) is 3. The molecule has 22 heavy (non-hydrogen) atoms. The minimum atomic E-state index is -0.335. The lowest BCUT2D eigenvalue weighted by atomic mass is 9.91. The maximum Gasteiger partial charge on any atom is 0.280 e. The van der Waals surface area contributed by atoms with Gasteiger partial charge in [-0.1, -0.05) is 31.0 Å². The van der Waals surface area contributed by atoms with E-state index in [1.165, 1.54) is 32.1 Å². The monoisotopic (exact) mass is 323 g/mol. The molecule has 0 unspecified atom stereocenters. The number of fused-ring (bicyclic) bond motifs is 1. The Labute approximate surface area is 132 Å². The molecule has 4 N–H and O–H groups in total. The second-order valence-corrected chi connectivity index (χ2v) is 6.70. The summed E-state index contributed by atoms with van der Waals surface area (Å²) in [7, 11) is 0. The third-order valence-corrected chi connectivity index (χ3v) is 5.29. The Kier molecular flexibility index (Phi) is 4.68. The first-order chi connectivity index (χ1) is 10.7. The van der Waals surface area contributed by atoms with Gasteiger partial charge in [0.2, 0.25) is 5.95 Å². The van der Waals surface area contributed by atoms with E-state index in [0.717, 1.165) is 10.9 Å². The lowest BCUT2D eigenvalue weighted by Gasteiger charge is -2.20.